The molecule has 0 aliphatic carbocycles. The first-order chi connectivity index (χ1) is 12.7. The Kier molecular flexibility index (Phi) is 6.68. The lowest BCUT2D eigenvalue weighted by atomic mass is 10.0. The van der Waals surface area contributed by atoms with Crippen molar-refractivity contribution in [2.75, 3.05) is 5.43 Å². The van der Waals surface area contributed by atoms with Gasteiger partial charge in [0, 0.05) is 0 Å². The minimum Gasteiger partial charge on any atom is -0.340 e. The van der Waals surface area contributed by atoms with Crippen molar-refractivity contribution in [3.8, 4) is 0 Å². The standard InChI is InChI=1S/C18H17ClF3N3O2/c1-9(2)16(23-17(26)10-5-3-4-6-11(10)19)18(27)25-24-13-8-7-12(20)14(21)15(13)22/h3-9,16,24H,1-2H3,(H,23,26)(H,25,27). The molecule has 2 rings (SSSR count). The van der Waals surface area contributed by atoms with Crippen LogP contribution >= 0.6 is 11.6 Å². The van der Waals surface area contributed by atoms with Gasteiger partial charge in [-0.3, -0.25) is 20.4 Å². The Morgan fingerprint density at radius 3 is 2.30 bits per heavy atom. The predicted octanol–water partition coefficient (Wildman–Crippen LogP) is 3.66. The SMILES string of the molecule is CC(C)C(NC(=O)c1ccccc1Cl)C(=O)NNc1ccc(F)c(F)c1F. The van der Waals surface area contributed by atoms with E-state index in [1.807, 2.05) is 0 Å². The number of hydrogen-bond donors (Lipinski definition) is 3. The quantitative estimate of drug-likeness (QED) is 0.513. The molecule has 1 unspecified atom stereocenters. The highest BCUT2D eigenvalue weighted by Crippen LogP contribution is 2.19. The van der Waals surface area contributed by atoms with Crippen LogP contribution in [0, 0.1) is 23.4 Å². The fraction of sp³-hybridized carbons (Fsp3) is 0.222. The summed E-state index contributed by atoms with van der Waals surface area (Å²) in [6.07, 6.45) is 0. The van der Waals surface area contributed by atoms with Crippen LogP contribution in [-0.4, -0.2) is 17.9 Å². The largest absolute Gasteiger partial charge is 0.340 e. The van der Waals surface area contributed by atoms with Crippen molar-refractivity contribution >= 4 is 29.1 Å². The van der Waals surface area contributed by atoms with Crippen molar-refractivity contribution in [1.82, 2.24) is 10.7 Å². The number of anilines is 1. The number of rotatable bonds is 6. The Labute approximate surface area is 158 Å². The number of amides is 2. The van der Waals surface area contributed by atoms with Crippen LogP contribution in [0.4, 0.5) is 18.9 Å². The van der Waals surface area contributed by atoms with Gasteiger partial charge in [0.1, 0.15) is 6.04 Å². The van der Waals surface area contributed by atoms with Crippen LogP contribution in [0.3, 0.4) is 0 Å². The van der Waals surface area contributed by atoms with Crippen LogP contribution in [-0.2, 0) is 4.79 Å². The van der Waals surface area contributed by atoms with Crippen molar-refractivity contribution in [1.29, 1.82) is 0 Å². The van der Waals surface area contributed by atoms with Crippen LogP contribution in [0.1, 0.15) is 24.2 Å². The molecule has 0 fully saturated rings. The maximum atomic E-state index is 13.6. The van der Waals surface area contributed by atoms with Crippen molar-refractivity contribution in [2.24, 2.45) is 5.92 Å². The van der Waals surface area contributed by atoms with Crippen LogP contribution < -0.4 is 16.2 Å². The van der Waals surface area contributed by atoms with Crippen molar-refractivity contribution < 1.29 is 22.8 Å². The van der Waals surface area contributed by atoms with Crippen molar-refractivity contribution in [3.63, 3.8) is 0 Å². The maximum Gasteiger partial charge on any atom is 0.261 e. The molecular formula is C18H17ClF3N3O2. The van der Waals surface area contributed by atoms with E-state index >= 15 is 0 Å². The van der Waals surface area contributed by atoms with Crippen LogP contribution in [0.5, 0.6) is 0 Å². The smallest absolute Gasteiger partial charge is 0.261 e. The molecule has 1 atom stereocenters. The summed E-state index contributed by atoms with van der Waals surface area (Å²) in [6, 6.07) is 6.97. The summed E-state index contributed by atoms with van der Waals surface area (Å²) < 4.78 is 39.8. The zero-order chi connectivity index (χ0) is 20.1. The van der Waals surface area contributed by atoms with Gasteiger partial charge in [-0.05, 0) is 30.2 Å². The summed E-state index contributed by atoms with van der Waals surface area (Å²) in [4.78, 5) is 24.7. The first-order valence-corrected chi connectivity index (χ1v) is 8.35. The number of carbonyl (C=O) groups is 2. The molecule has 2 amide bonds. The Morgan fingerprint density at radius 2 is 1.67 bits per heavy atom. The minimum absolute atomic E-state index is 0.192. The molecule has 0 aliphatic rings. The van der Waals surface area contributed by atoms with Gasteiger partial charge in [0.25, 0.3) is 11.8 Å². The van der Waals surface area contributed by atoms with E-state index in [0.717, 1.165) is 6.07 Å². The molecule has 5 nitrogen and oxygen atoms in total. The van der Waals surface area contributed by atoms with E-state index < -0.39 is 41.0 Å². The van der Waals surface area contributed by atoms with E-state index in [4.69, 9.17) is 11.6 Å². The normalized spacial score (nSPS) is 11.8. The lowest BCUT2D eigenvalue weighted by Crippen LogP contribution is -2.51. The Bertz CT molecular complexity index is 862. The van der Waals surface area contributed by atoms with Crippen molar-refractivity contribution in [2.45, 2.75) is 19.9 Å². The van der Waals surface area contributed by atoms with Crippen LogP contribution in [0.2, 0.25) is 5.02 Å². The number of nitrogens with one attached hydrogen (secondary N) is 3. The third-order valence-electron chi connectivity index (χ3n) is 3.71. The number of halogens is 4. The number of hydrazine groups is 1. The highest BCUT2D eigenvalue weighted by atomic mass is 35.5. The van der Waals surface area contributed by atoms with E-state index in [2.05, 4.69) is 16.2 Å². The third kappa shape index (κ3) is 4.91. The molecule has 0 aliphatic heterocycles. The summed E-state index contributed by atoms with van der Waals surface area (Å²) >= 11 is 5.97. The Morgan fingerprint density at radius 1 is 1.00 bits per heavy atom. The van der Waals surface area contributed by atoms with Gasteiger partial charge in [-0.15, -0.1) is 0 Å². The number of carbonyl (C=O) groups excluding carboxylic acids is 2. The zero-order valence-corrected chi connectivity index (χ0v) is 15.2. The summed E-state index contributed by atoms with van der Waals surface area (Å²) in [5.74, 6) is -6.08. The lowest BCUT2D eigenvalue weighted by Gasteiger charge is -2.22. The second-order valence-electron chi connectivity index (χ2n) is 6.01. The molecule has 0 spiro atoms. The molecule has 3 N–H and O–H groups in total. The molecule has 0 bridgehead atoms. The fourth-order valence-electron chi connectivity index (χ4n) is 2.23. The summed E-state index contributed by atoms with van der Waals surface area (Å²) in [5.41, 5.74) is 4.09. The van der Waals surface area contributed by atoms with Gasteiger partial charge < -0.3 is 5.32 Å². The summed E-state index contributed by atoms with van der Waals surface area (Å²) in [5, 5.41) is 2.76. The van der Waals surface area contributed by atoms with E-state index in [1.54, 1.807) is 26.0 Å². The number of hydrogen-bond acceptors (Lipinski definition) is 3. The van der Waals surface area contributed by atoms with Gasteiger partial charge in [0.05, 0.1) is 16.3 Å². The van der Waals surface area contributed by atoms with E-state index in [0.29, 0.717) is 6.07 Å². The number of benzene rings is 2. The minimum atomic E-state index is -1.67. The molecule has 0 saturated heterocycles. The van der Waals surface area contributed by atoms with Gasteiger partial charge in [-0.25, -0.2) is 13.2 Å². The zero-order valence-electron chi connectivity index (χ0n) is 14.4. The van der Waals surface area contributed by atoms with Crippen LogP contribution in [0.25, 0.3) is 0 Å². The fourth-order valence-corrected chi connectivity index (χ4v) is 2.45. The highest BCUT2D eigenvalue weighted by Gasteiger charge is 2.26. The second-order valence-corrected chi connectivity index (χ2v) is 6.42. The topological polar surface area (TPSA) is 70.2 Å². The molecule has 0 aromatic heterocycles. The average Bonchev–Trinajstić information content (AvgIpc) is 2.63. The first-order valence-electron chi connectivity index (χ1n) is 7.97. The Balaban J connectivity index is 2.08. The molecule has 2 aromatic rings. The summed E-state index contributed by atoms with van der Waals surface area (Å²) in [6.45, 7) is 3.38. The molecule has 144 valence electrons. The van der Waals surface area contributed by atoms with E-state index in [9.17, 15) is 22.8 Å². The summed E-state index contributed by atoms with van der Waals surface area (Å²) in [7, 11) is 0. The third-order valence-corrected chi connectivity index (χ3v) is 4.04. The van der Waals surface area contributed by atoms with Gasteiger partial charge in [0.15, 0.2) is 17.5 Å². The molecule has 2 aromatic carbocycles. The van der Waals surface area contributed by atoms with E-state index in [1.165, 1.54) is 12.1 Å². The maximum absolute atomic E-state index is 13.6. The van der Waals surface area contributed by atoms with Gasteiger partial charge >= 0.3 is 0 Å². The average molecular weight is 400 g/mol. The van der Waals surface area contributed by atoms with Gasteiger partial charge in [-0.1, -0.05) is 37.6 Å². The predicted molar refractivity (Wildman–Crippen MR) is 95.6 cm³/mol. The molecule has 0 heterocycles. The monoisotopic (exact) mass is 399 g/mol. The Hall–Kier alpha value is -2.74. The lowest BCUT2D eigenvalue weighted by molar-refractivity contribution is -0.123. The molecular weight excluding hydrogens is 383 g/mol. The molecule has 0 radical (unpaired) electrons. The second kappa shape index (κ2) is 8.77. The van der Waals surface area contributed by atoms with Gasteiger partial charge in [0.2, 0.25) is 0 Å². The van der Waals surface area contributed by atoms with Crippen LogP contribution in [0.15, 0.2) is 36.4 Å². The first kappa shape index (κ1) is 20.6. The highest BCUT2D eigenvalue weighted by molar-refractivity contribution is 6.33. The molecule has 0 saturated carbocycles. The van der Waals surface area contributed by atoms with E-state index in [-0.39, 0.29) is 16.5 Å². The van der Waals surface area contributed by atoms with Gasteiger partial charge in [-0.2, -0.15) is 0 Å². The molecule has 27 heavy (non-hydrogen) atoms. The van der Waals surface area contributed by atoms with Crippen molar-refractivity contribution in [3.05, 3.63) is 64.4 Å². The molecule has 9 heteroatoms.